The Bertz CT molecular complexity index is 509. The molecule has 0 amide bonds. The number of hydrogen-bond donors (Lipinski definition) is 1. The second-order valence-electron chi connectivity index (χ2n) is 3.07. The van der Waals surface area contributed by atoms with Gasteiger partial charge in [-0.05, 0) is 12.1 Å². The van der Waals surface area contributed by atoms with Crippen molar-refractivity contribution in [3.05, 3.63) is 46.5 Å². The number of nitro groups is 1. The van der Waals surface area contributed by atoms with Crippen molar-refractivity contribution in [1.82, 2.24) is 14.8 Å². The van der Waals surface area contributed by atoms with Crippen molar-refractivity contribution in [1.29, 1.82) is 0 Å². The van der Waals surface area contributed by atoms with Crippen LogP contribution in [-0.2, 0) is 6.61 Å². The highest BCUT2D eigenvalue weighted by atomic mass is 16.6. The van der Waals surface area contributed by atoms with Crippen molar-refractivity contribution >= 4 is 5.69 Å². The molecule has 7 nitrogen and oxygen atoms in total. The zero-order valence-corrected chi connectivity index (χ0v) is 8.15. The van der Waals surface area contributed by atoms with Crippen LogP contribution in [0.25, 0.3) is 5.69 Å². The van der Waals surface area contributed by atoms with Crippen LogP contribution in [0.4, 0.5) is 5.69 Å². The van der Waals surface area contributed by atoms with Crippen LogP contribution in [0, 0.1) is 10.1 Å². The molecule has 0 saturated carbocycles. The molecule has 1 aromatic heterocycles. The average Bonchev–Trinajstić information content (AvgIpc) is 2.81. The smallest absolute Gasteiger partial charge is 0.275 e. The largest absolute Gasteiger partial charge is 0.391 e. The van der Waals surface area contributed by atoms with E-state index in [-0.39, 0.29) is 11.3 Å². The summed E-state index contributed by atoms with van der Waals surface area (Å²) in [7, 11) is 0. The van der Waals surface area contributed by atoms with Crippen LogP contribution >= 0.6 is 0 Å². The van der Waals surface area contributed by atoms with E-state index in [4.69, 9.17) is 5.11 Å². The Labute approximate surface area is 90.1 Å². The fourth-order valence-corrected chi connectivity index (χ4v) is 1.36. The van der Waals surface area contributed by atoms with E-state index in [9.17, 15) is 10.1 Å². The van der Waals surface area contributed by atoms with Gasteiger partial charge < -0.3 is 5.11 Å². The normalized spacial score (nSPS) is 10.3. The number of rotatable bonds is 3. The van der Waals surface area contributed by atoms with E-state index < -0.39 is 11.5 Å². The molecular formula is C9H8N4O3. The number of aromatic nitrogens is 3. The van der Waals surface area contributed by atoms with Crippen LogP contribution in [-0.4, -0.2) is 24.8 Å². The minimum absolute atomic E-state index is 0.105. The third-order valence-electron chi connectivity index (χ3n) is 2.11. The first-order chi connectivity index (χ1) is 7.72. The first kappa shape index (κ1) is 10.2. The van der Waals surface area contributed by atoms with Crippen LogP contribution in [0.5, 0.6) is 0 Å². The molecule has 0 bridgehead atoms. The van der Waals surface area contributed by atoms with Gasteiger partial charge in [0.05, 0.1) is 22.8 Å². The van der Waals surface area contributed by atoms with Gasteiger partial charge in [-0.25, -0.2) is 9.67 Å². The van der Waals surface area contributed by atoms with Crippen molar-refractivity contribution in [2.45, 2.75) is 6.61 Å². The summed E-state index contributed by atoms with van der Waals surface area (Å²) in [5, 5.41) is 23.6. The highest BCUT2D eigenvalue weighted by Crippen LogP contribution is 2.21. The van der Waals surface area contributed by atoms with Crippen molar-refractivity contribution in [3.63, 3.8) is 0 Å². The molecule has 0 aliphatic carbocycles. The van der Waals surface area contributed by atoms with Crippen molar-refractivity contribution in [2.75, 3.05) is 0 Å². The lowest BCUT2D eigenvalue weighted by molar-refractivity contribution is -0.385. The topological polar surface area (TPSA) is 94.1 Å². The Hall–Kier alpha value is -2.28. The highest BCUT2D eigenvalue weighted by molar-refractivity contribution is 5.47. The van der Waals surface area contributed by atoms with Crippen LogP contribution in [0.2, 0.25) is 0 Å². The number of hydrogen-bond acceptors (Lipinski definition) is 5. The molecule has 0 spiro atoms. The number of benzene rings is 1. The lowest BCUT2D eigenvalue weighted by Gasteiger charge is -2.03. The van der Waals surface area contributed by atoms with Gasteiger partial charge in [0.2, 0.25) is 0 Å². The first-order valence-corrected chi connectivity index (χ1v) is 4.45. The summed E-state index contributed by atoms with van der Waals surface area (Å²) in [6.07, 6.45) is 2.84. The number of aliphatic hydroxyl groups is 1. The predicted octanol–water partition coefficient (Wildman–Crippen LogP) is 0.668. The molecule has 2 aromatic rings. The Balaban J connectivity index is 2.49. The molecule has 16 heavy (non-hydrogen) atoms. The molecule has 0 unspecified atom stereocenters. The SMILES string of the molecule is O=[N+]([O-])c1ccc(-n2cncn2)cc1CO. The summed E-state index contributed by atoms with van der Waals surface area (Å²) in [6, 6.07) is 4.39. The Morgan fingerprint density at radius 1 is 1.50 bits per heavy atom. The maximum Gasteiger partial charge on any atom is 0.275 e. The highest BCUT2D eigenvalue weighted by Gasteiger charge is 2.13. The number of nitrogens with zero attached hydrogens (tertiary/aromatic N) is 4. The van der Waals surface area contributed by atoms with Gasteiger partial charge in [0, 0.05) is 6.07 Å². The summed E-state index contributed by atoms with van der Waals surface area (Å²) >= 11 is 0. The summed E-state index contributed by atoms with van der Waals surface area (Å²) in [4.78, 5) is 13.9. The van der Waals surface area contributed by atoms with Gasteiger partial charge >= 0.3 is 0 Å². The van der Waals surface area contributed by atoms with E-state index in [1.54, 1.807) is 6.07 Å². The van der Waals surface area contributed by atoms with E-state index in [2.05, 4.69) is 10.1 Å². The van der Waals surface area contributed by atoms with Gasteiger partial charge in [0.25, 0.3) is 5.69 Å². The molecule has 0 atom stereocenters. The fourth-order valence-electron chi connectivity index (χ4n) is 1.36. The lowest BCUT2D eigenvalue weighted by atomic mass is 10.1. The molecule has 1 N–H and O–H groups in total. The second-order valence-corrected chi connectivity index (χ2v) is 3.07. The summed E-state index contributed by atoms with van der Waals surface area (Å²) in [6.45, 7) is -0.390. The lowest BCUT2D eigenvalue weighted by Crippen LogP contribution is -2.00. The molecule has 2 rings (SSSR count). The minimum atomic E-state index is -0.531. The molecule has 0 aliphatic rings. The maximum absolute atomic E-state index is 10.6. The second kappa shape index (κ2) is 4.07. The van der Waals surface area contributed by atoms with Gasteiger partial charge in [-0.3, -0.25) is 10.1 Å². The minimum Gasteiger partial charge on any atom is -0.391 e. The molecule has 0 aliphatic heterocycles. The molecule has 0 radical (unpaired) electrons. The summed E-state index contributed by atoms with van der Waals surface area (Å²) in [5.41, 5.74) is 0.761. The Kier molecular flexibility index (Phi) is 2.61. The van der Waals surface area contributed by atoms with Crippen LogP contribution in [0.15, 0.2) is 30.9 Å². The summed E-state index contributed by atoms with van der Waals surface area (Å²) in [5.74, 6) is 0. The monoisotopic (exact) mass is 220 g/mol. The van der Waals surface area contributed by atoms with Gasteiger partial charge in [-0.15, -0.1) is 0 Å². The number of nitro benzene ring substituents is 1. The first-order valence-electron chi connectivity index (χ1n) is 4.45. The zero-order chi connectivity index (χ0) is 11.5. The predicted molar refractivity (Wildman–Crippen MR) is 53.9 cm³/mol. The fraction of sp³-hybridized carbons (Fsp3) is 0.111. The molecular weight excluding hydrogens is 212 g/mol. The molecule has 1 aromatic carbocycles. The molecule has 1 heterocycles. The third kappa shape index (κ3) is 1.75. The standard InChI is InChI=1S/C9H8N4O3/c14-4-7-3-8(12-6-10-5-11-12)1-2-9(7)13(15)16/h1-3,5-6,14H,4H2. The quantitative estimate of drug-likeness (QED) is 0.605. The number of aliphatic hydroxyl groups excluding tert-OH is 1. The average molecular weight is 220 g/mol. The van der Waals surface area contributed by atoms with Crippen molar-refractivity contribution in [2.24, 2.45) is 0 Å². The third-order valence-corrected chi connectivity index (χ3v) is 2.11. The van der Waals surface area contributed by atoms with E-state index in [1.165, 1.54) is 29.5 Å². The van der Waals surface area contributed by atoms with E-state index >= 15 is 0 Å². The van der Waals surface area contributed by atoms with Gasteiger partial charge in [0.1, 0.15) is 12.7 Å². The zero-order valence-electron chi connectivity index (χ0n) is 8.15. The van der Waals surface area contributed by atoms with Gasteiger partial charge in [0.15, 0.2) is 0 Å². The van der Waals surface area contributed by atoms with Crippen LogP contribution in [0.3, 0.4) is 0 Å². The van der Waals surface area contributed by atoms with Gasteiger partial charge in [-0.1, -0.05) is 0 Å². The van der Waals surface area contributed by atoms with Crippen LogP contribution < -0.4 is 0 Å². The van der Waals surface area contributed by atoms with Crippen LogP contribution in [0.1, 0.15) is 5.56 Å². The van der Waals surface area contributed by atoms with E-state index in [1.807, 2.05) is 0 Å². The maximum atomic E-state index is 10.6. The molecule has 82 valence electrons. The van der Waals surface area contributed by atoms with E-state index in [0.29, 0.717) is 5.69 Å². The van der Waals surface area contributed by atoms with Crippen molar-refractivity contribution in [3.8, 4) is 5.69 Å². The molecule has 7 heteroatoms. The Morgan fingerprint density at radius 3 is 2.88 bits per heavy atom. The molecule has 0 fully saturated rings. The van der Waals surface area contributed by atoms with Crippen molar-refractivity contribution < 1.29 is 10.0 Å². The van der Waals surface area contributed by atoms with Gasteiger partial charge in [-0.2, -0.15) is 5.10 Å². The summed E-state index contributed by atoms with van der Waals surface area (Å²) < 4.78 is 1.46. The Morgan fingerprint density at radius 2 is 2.31 bits per heavy atom. The molecule has 0 saturated heterocycles. The van der Waals surface area contributed by atoms with E-state index in [0.717, 1.165) is 0 Å².